The van der Waals surface area contributed by atoms with Crippen molar-refractivity contribution in [3.05, 3.63) is 28.7 Å². The van der Waals surface area contributed by atoms with Gasteiger partial charge < -0.3 is 30.9 Å². The predicted octanol–water partition coefficient (Wildman–Crippen LogP) is -0.216. The number of aromatic nitrogens is 1. The van der Waals surface area contributed by atoms with Crippen LogP contribution in [0.3, 0.4) is 0 Å². The lowest BCUT2D eigenvalue weighted by atomic mass is 10.0. The molecule has 0 saturated heterocycles. The second-order valence-corrected chi connectivity index (χ2v) is 8.39. The van der Waals surface area contributed by atoms with E-state index in [4.69, 9.17) is 5.11 Å². The molecular weight excluding hydrogens is 486 g/mol. The number of hydrogen-bond acceptors (Lipinski definition) is 7. The van der Waals surface area contributed by atoms with Crippen molar-refractivity contribution in [2.24, 2.45) is 5.92 Å². The molecule has 0 aliphatic heterocycles. The Hall–Kier alpha value is -4.03. The van der Waals surface area contributed by atoms with Gasteiger partial charge in [-0.2, -0.15) is 0 Å². The number of aliphatic carboxylic acids is 1. The Morgan fingerprint density at radius 2 is 1.68 bits per heavy atom. The number of pyridine rings is 1. The van der Waals surface area contributed by atoms with Crippen molar-refractivity contribution in [2.45, 2.75) is 65.0 Å². The van der Waals surface area contributed by atoms with Gasteiger partial charge in [0.1, 0.15) is 18.3 Å². The van der Waals surface area contributed by atoms with Crippen LogP contribution in [0.4, 0.5) is 5.69 Å². The first-order valence-electron chi connectivity index (χ1n) is 12.0. The average molecular weight is 522 g/mol. The lowest BCUT2D eigenvalue weighted by Crippen LogP contribution is -2.45. The third kappa shape index (κ3) is 11.1. The molecule has 1 aromatic heterocycles. The molecule has 13 heteroatoms. The highest BCUT2D eigenvalue weighted by Crippen LogP contribution is 2.07. The van der Waals surface area contributed by atoms with Crippen molar-refractivity contribution in [1.29, 1.82) is 0 Å². The summed E-state index contributed by atoms with van der Waals surface area (Å²) in [5, 5.41) is 18.4. The Labute approximate surface area is 214 Å². The van der Waals surface area contributed by atoms with Gasteiger partial charge in [-0.1, -0.05) is 26.7 Å². The summed E-state index contributed by atoms with van der Waals surface area (Å²) in [5.41, 5.74) is -0.825. The normalized spacial score (nSPS) is 11.4. The Bertz CT molecular complexity index is 1050. The molecule has 13 nitrogen and oxygen atoms in total. The predicted molar refractivity (Wildman–Crippen MR) is 134 cm³/mol. The van der Waals surface area contributed by atoms with E-state index in [1.807, 2.05) is 13.8 Å². The number of amides is 4. The topological polar surface area (TPSA) is 193 Å². The first-order valence-corrected chi connectivity index (χ1v) is 12.0. The van der Waals surface area contributed by atoms with Gasteiger partial charge in [-0.25, -0.2) is 0 Å². The number of Topliss-reactive ketones (excluding diaryl/α,β-unsaturated/α-hetero) is 1. The summed E-state index contributed by atoms with van der Waals surface area (Å²) in [5.74, 6) is -4.54. The van der Waals surface area contributed by atoms with Crippen molar-refractivity contribution in [3.8, 4) is 0 Å². The second kappa shape index (κ2) is 15.9. The van der Waals surface area contributed by atoms with Crippen molar-refractivity contribution in [2.75, 3.05) is 18.9 Å². The number of rotatable bonds is 16. The van der Waals surface area contributed by atoms with Crippen LogP contribution in [0.1, 0.15) is 52.4 Å². The summed E-state index contributed by atoms with van der Waals surface area (Å²) < 4.78 is 1.12. The van der Waals surface area contributed by atoms with Crippen molar-refractivity contribution >= 4 is 41.1 Å². The lowest BCUT2D eigenvalue weighted by molar-refractivity contribution is -0.139. The molecule has 204 valence electrons. The number of likely N-dealkylation sites (N-methyl/N-ethyl adjacent to an activating group) is 1. The van der Waals surface area contributed by atoms with Gasteiger partial charge in [0.25, 0.3) is 11.5 Å². The van der Waals surface area contributed by atoms with Gasteiger partial charge in [0, 0.05) is 32.6 Å². The zero-order valence-electron chi connectivity index (χ0n) is 21.3. The van der Waals surface area contributed by atoms with E-state index in [0.29, 0.717) is 12.5 Å². The van der Waals surface area contributed by atoms with E-state index in [0.717, 1.165) is 17.4 Å². The van der Waals surface area contributed by atoms with Crippen LogP contribution in [0.5, 0.6) is 0 Å². The van der Waals surface area contributed by atoms with Crippen LogP contribution in [0.2, 0.25) is 0 Å². The van der Waals surface area contributed by atoms with Crippen LogP contribution >= 0.6 is 0 Å². The first kappa shape index (κ1) is 31.0. The minimum Gasteiger partial charge on any atom is -0.481 e. The van der Waals surface area contributed by atoms with E-state index in [1.54, 1.807) is 0 Å². The number of nitrogens with one attached hydrogen (secondary N) is 4. The molecule has 4 amide bonds. The number of carbonyl (C=O) groups is 6. The van der Waals surface area contributed by atoms with Gasteiger partial charge in [0.2, 0.25) is 23.5 Å². The Kier molecular flexibility index (Phi) is 13.3. The van der Waals surface area contributed by atoms with Crippen molar-refractivity contribution in [1.82, 2.24) is 20.5 Å². The van der Waals surface area contributed by atoms with E-state index < -0.39 is 53.9 Å². The summed E-state index contributed by atoms with van der Waals surface area (Å²) in [4.78, 5) is 84.2. The summed E-state index contributed by atoms with van der Waals surface area (Å²) in [6.45, 7) is 4.26. The van der Waals surface area contributed by atoms with E-state index in [9.17, 15) is 33.6 Å². The van der Waals surface area contributed by atoms with E-state index in [2.05, 4.69) is 21.3 Å². The van der Waals surface area contributed by atoms with E-state index in [-0.39, 0.29) is 31.0 Å². The minimum absolute atomic E-state index is 0.164. The molecule has 0 unspecified atom stereocenters. The van der Waals surface area contributed by atoms with Gasteiger partial charge >= 0.3 is 5.97 Å². The van der Waals surface area contributed by atoms with Gasteiger partial charge in [-0.05, 0) is 24.5 Å². The molecule has 0 saturated carbocycles. The Morgan fingerprint density at radius 1 is 1.00 bits per heavy atom. The number of ketones is 1. The highest BCUT2D eigenvalue weighted by atomic mass is 16.4. The maximum absolute atomic E-state index is 12.9. The van der Waals surface area contributed by atoms with Crippen molar-refractivity contribution < 1.29 is 33.9 Å². The third-order valence-electron chi connectivity index (χ3n) is 5.69. The van der Waals surface area contributed by atoms with Gasteiger partial charge in [-0.3, -0.25) is 33.6 Å². The highest BCUT2D eigenvalue weighted by molar-refractivity contribution is 6.36. The first-order chi connectivity index (χ1) is 17.5. The van der Waals surface area contributed by atoms with Crippen LogP contribution in [0.25, 0.3) is 0 Å². The molecule has 0 bridgehead atoms. The molecule has 1 atom stereocenters. The summed E-state index contributed by atoms with van der Waals surface area (Å²) in [7, 11) is 1.27. The minimum atomic E-state index is -1.33. The quantitative estimate of drug-likeness (QED) is 0.184. The molecule has 0 spiro atoms. The molecule has 0 aliphatic rings. The molecule has 37 heavy (non-hydrogen) atoms. The van der Waals surface area contributed by atoms with Crippen LogP contribution in [-0.2, 0) is 35.3 Å². The van der Waals surface area contributed by atoms with Crippen LogP contribution in [0.15, 0.2) is 23.1 Å². The number of carboxylic acid groups (broad SMARTS) is 1. The zero-order chi connectivity index (χ0) is 28.0. The summed E-state index contributed by atoms with van der Waals surface area (Å²) in [6.07, 6.45) is 1.67. The zero-order valence-corrected chi connectivity index (χ0v) is 21.3. The van der Waals surface area contributed by atoms with E-state index in [1.165, 1.54) is 25.4 Å². The molecule has 0 radical (unpaired) electrons. The smallest absolute Gasteiger partial charge is 0.303 e. The molecule has 0 aromatic carbocycles. The largest absolute Gasteiger partial charge is 0.481 e. The Balaban J connectivity index is 2.96. The van der Waals surface area contributed by atoms with Gasteiger partial charge in [0.15, 0.2) is 0 Å². The fraction of sp³-hybridized carbons (Fsp3) is 0.542. The summed E-state index contributed by atoms with van der Waals surface area (Å²) >= 11 is 0. The number of carbonyl (C=O) groups excluding carboxylic acids is 5. The van der Waals surface area contributed by atoms with Crippen LogP contribution in [0, 0.1) is 5.92 Å². The standard InChI is InChI=1S/C24H35N5O8/c1-4-15(5-2)13-26-20(32)14-29-12-6-7-17(24(29)37)28-22(35)16(8-9-18(30)23(36)25-3)27-19(31)10-11-21(33)34/h6-7,12,15-16H,4-5,8-11,13-14H2,1-3H3,(H,25,36)(H,26,32)(H,27,31)(H,28,35)(H,33,34)/t16-/m0/s1. The lowest BCUT2D eigenvalue weighted by Gasteiger charge is -2.18. The molecular formula is C24H35N5O8. The number of carboxylic acids is 1. The number of nitrogens with zero attached hydrogens (tertiary/aromatic N) is 1. The monoisotopic (exact) mass is 521 g/mol. The van der Waals surface area contributed by atoms with Gasteiger partial charge in [0.05, 0.1) is 6.42 Å². The highest BCUT2D eigenvalue weighted by Gasteiger charge is 2.24. The average Bonchev–Trinajstić information content (AvgIpc) is 2.87. The third-order valence-corrected chi connectivity index (χ3v) is 5.69. The molecule has 1 rings (SSSR count). The molecule has 0 aliphatic carbocycles. The Morgan fingerprint density at radius 3 is 2.27 bits per heavy atom. The van der Waals surface area contributed by atoms with Gasteiger partial charge in [-0.15, -0.1) is 0 Å². The SMILES string of the molecule is CCC(CC)CNC(=O)Cn1cccc(NC(=O)[C@H](CCC(=O)C(=O)NC)NC(=O)CCC(=O)O)c1=O. The molecule has 1 heterocycles. The van der Waals surface area contributed by atoms with Crippen LogP contribution < -0.4 is 26.8 Å². The number of anilines is 1. The molecule has 1 aromatic rings. The molecule has 0 fully saturated rings. The van der Waals surface area contributed by atoms with Crippen LogP contribution in [-0.4, -0.2) is 64.7 Å². The second-order valence-electron chi connectivity index (χ2n) is 8.39. The summed E-state index contributed by atoms with van der Waals surface area (Å²) in [6, 6.07) is 1.45. The number of hydrogen-bond donors (Lipinski definition) is 5. The fourth-order valence-corrected chi connectivity index (χ4v) is 3.31. The molecule has 5 N–H and O–H groups in total. The maximum atomic E-state index is 12.9. The maximum Gasteiger partial charge on any atom is 0.303 e. The van der Waals surface area contributed by atoms with Crippen molar-refractivity contribution in [3.63, 3.8) is 0 Å². The fourth-order valence-electron chi connectivity index (χ4n) is 3.31. The van der Waals surface area contributed by atoms with E-state index >= 15 is 0 Å².